The van der Waals surface area contributed by atoms with Crippen LogP contribution >= 0.6 is 0 Å². The van der Waals surface area contributed by atoms with Crippen LogP contribution in [0.2, 0.25) is 0 Å². The van der Waals surface area contributed by atoms with Gasteiger partial charge in [-0.3, -0.25) is 4.90 Å². The van der Waals surface area contributed by atoms with Gasteiger partial charge >= 0.3 is 0 Å². The number of nitrogens with two attached hydrogens (primary N) is 1. The number of hydrogen-bond acceptors (Lipinski definition) is 2. The Morgan fingerprint density at radius 2 is 2.19 bits per heavy atom. The van der Waals surface area contributed by atoms with Gasteiger partial charge in [0.2, 0.25) is 0 Å². The summed E-state index contributed by atoms with van der Waals surface area (Å²) in [5.74, 6) is 0.842. The molecular weight excluding hydrogens is 196 g/mol. The Kier molecular flexibility index (Phi) is 6.74. The highest BCUT2D eigenvalue weighted by Gasteiger charge is 2.27. The van der Waals surface area contributed by atoms with Crippen LogP contribution in [-0.4, -0.2) is 30.6 Å². The zero-order chi connectivity index (χ0) is 11.8. The van der Waals surface area contributed by atoms with Crippen molar-refractivity contribution in [2.75, 3.05) is 19.6 Å². The Morgan fingerprint density at radius 1 is 1.44 bits per heavy atom. The fraction of sp³-hybridized carbons (Fsp3) is 0.857. The van der Waals surface area contributed by atoms with Gasteiger partial charge in [0.1, 0.15) is 0 Å². The minimum Gasteiger partial charge on any atom is -0.330 e. The van der Waals surface area contributed by atoms with E-state index in [-0.39, 0.29) is 0 Å². The van der Waals surface area contributed by atoms with Gasteiger partial charge in [0.15, 0.2) is 0 Å². The summed E-state index contributed by atoms with van der Waals surface area (Å²) in [7, 11) is 0. The van der Waals surface area contributed by atoms with Crippen molar-refractivity contribution in [1.82, 2.24) is 4.90 Å². The van der Waals surface area contributed by atoms with Gasteiger partial charge in [-0.15, -0.1) is 6.58 Å². The van der Waals surface area contributed by atoms with Gasteiger partial charge in [-0.25, -0.2) is 0 Å². The third kappa shape index (κ3) is 5.13. The maximum Gasteiger partial charge on any atom is 0.0163 e. The van der Waals surface area contributed by atoms with Gasteiger partial charge in [-0.1, -0.05) is 19.4 Å². The molecule has 0 saturated heterocycles. The standard InChI is InChI=1S/C14H28N2/c1-3-11-16(14-7-8-14)12-5-6-13(4-2)9-10-15/h3,13-14H,1,4-12,15H2,2H3. The zero-order valence-electron chi connectivity index (χ0n) is 10.8. The first-order valence-corrected chi connectivity index (χ1v) is 6.86. The van der Waals surface area contributed by atoms with Crippen molar-refractivity contribution in [3.63, 3.8) is 0 Å². The van der Waals surface area contributed by atoms with Crippen LogP contribution < -0.4 is 5.73 Å². The molecule has 0 aliphatic heterocycles. The summed E-state index contributed by atoms with van der Waals surface area (Å²) in [6.07, 6.45) is 9.97. The molecule has 0 bridgehead atoms. The van der Waals surface area contributed by atoms with E-state index in [2.05, 4.69) is 18.4 Å². The predicted molar refractivity (Wildman–Crippen MR) is 71.5 cm³/mol. The van der Waals surface area contributed by atoms with E-state index in [1.807, 2.05) is 6.08 Å². The highest BCUT2D eigenvalue weighted by Crippen LogP contribution is 2.27. The van der Waals surface area contributed by atoms with Crippen molar-refractivity contribution < 1.29 is 0 Å². The molecule has 0 radical (unpaired) electrons. The lowest BCUT2D eigenvalue weighted by Gasteiger charge is -2.21. The second-order valence-corrected chi connectivity index (χ2v) is 5.01. The predicted octanol–water partition coefficient (Wildman–Crippen LogP) is 2.79. The molecule has 0 amide bonds. The van der Waals surface area contributed by atoms with Gasteiger partial charge in [-0.2, -0.15) is 0 Å². The topological polar surface area (TPSA) is 29.3 Å². The van der Waals surface area contributed by atoms with Crippen molar-refractivity contribution in [2.45, 2.75) is 51.5 Å². The molecule has 0 spiro atoms. The molecule has 1 atom stereocenters. The van der Waals surface area contributed by atoms with Crippen molar-refractivity contribution in [3.8, 4) is 0 Å². The third-order valence-corrected chi connectivity index (χ3v) is 3.64. The first kappa shape index (κ1) is 13.7. The number of hydrogen-bond donors (Lipinski definition) is 1. The first-order chi connectivity index (χ1) is 7.81. The average Bonchev–Trinajstić information content (AvgIpc) is 3.10. The Hall–Kier alpha value is -0.340. The Balaban J connectivity index is 2.13. The number of nitrogens with zero attached hydrogens (tertiary/aromatic N) is 1. The van der Waals surface area contributed by atoms with Crippen LogP contribution in [0.1, 0.15) is 45.4 Å². The molecule has 0 aromatic carbocycles. The molecule has 1 saturated carbocycles. The normalized spacial score (nSPS) is 17.7. The summed E-state index contributed by atoms with van der Waals surface area (Å²) in [6, 6.07) is 0.868. The lowest BCUT2D eigenvalue weighted by molar-refractivity contribution is 0.273. The van der Waals surface area contributed by atoms with Gasteiger partial charge in [0, 0.05) is 12.6 Å². The van der Waals surface area contributed by atoms with Gasteiger partial charge in [-0.05, 0) is 51.1 Å². The van der Waals surface area contributed by atoms with Gasteiger partial charge in [0.25, 0.3) is 0 Å². The highest BCUT2D eigenvalue weighted by atomic mass is 15.2. The quantitative estimate of drug-likeness (QED) is 0.578. The van der Waals surface area contributed by atoms with Crippen LogP contribution in [0.15, 0.2) is 12.7 Å². The first-order valence-electron chi connectivity index (χ1n) is 6.86. The fourth-order valence-corrected chi connectivity index (χ4v) is 2.40. The molecule has 1 aliphatic rings. The van der Waals surface area contributed by atoms with E-state index in [9.17, 15) is 0 Å². The minimum atomic E-state index is 0.842. The van der Waals surface area contributed by atoms with Crippen LogP contribution in [0, 0.1) is 5.92 Å². The van der Waals surface area contributed by atoms with Crippen molar-refractivity contribution in [1.29, 1.82) is 0 Å². The molecule has 1 rings (SSSR count). The molecule has 1 unspecified atom stereocenters. The molecule has 2 nitrogen and oxygen atoms in total. The summed E-state index contributed by atoms with van der Waals surface area (Å²) in [6.45, 7) is 9.28. The average molecular weight is 224 g/mol. The largest absolute Gasteiger partial charge is 0.330 e. The highest BCUT2D eigenvalue weighted by molar-refractivity contribution is 4.88. The second-order valence-electron chi connectivity index (χ2n) is 5.01. The summed E-state index contributed by atoms with van der Waals surface area (Å²) < 4.78 is 0. The van der Waals surface area contributed by atoms with E-state index in [0.717, 1.165) is 25.0 Å². The second kappa shape index (κ2) is 7.86. The lowest BCUT2D eigenvalue weighted by atomic mass is 9.96. The van der Waals surface area contributed by atoms with E-state index in [0.29, 0.717) is 0 Å². The van der Waals surface area contributed by atoms with Crippen molar-refractivity contribution >= 4 is 0 Å². The summed E-state index contributed by atoms with van der Waals surface area (Å²) in [5, 5.41) is 0. The fourth-order valence-electron chi connectivity index (χ4n) is 2.40. The van der Waals surface area contributed by atoms with Crippen molar-refractivity contribution in [3.05, 3.63) is 12.7 Å². The molecule has 1 fully saturated rings. The molecular formula is C14H28N2. The van der Waals surface area contributed by atoms with Crippen LogP contribution in [0.25, 0.3) is 0 Å². The molecule has 1 aliphatic carbocycles. The smallest absolute Gasteiger partial charge is 0.0163 e. The molecule has 2 heteroatoms. The summed E-state index contributed by atoms with van der Waals surface area (Å²) in [5.41, 5.74) is 5.62. The molecule has 0 aromatic heterocycles. The maximum absolute atomic E-state index is 5.62. The number of rotatable bonds is 10. The Labute approximate surface area is 101 Å². The van der Waals surface area contributed by atoms with Crippen LogP contribution in [0.3, 0.4) is 0 Å². The van der Waals surface area contributed by atoms with E-state index in [1.165, 1.54) is 45.1 Å². The lowest BCUT2D eigenvalue weighted by Crippen LogP contribution is -2.27. The monoisotopic (exact) mass is 224 g/mol. The molecule has 0 aromatic rings. The van der Waals surface area contributed by atoms with E-state index >= 15 is 0 Å². The minimum absolute atomic E-state index is 0.842. The molecule has 2 N–H and O–H groups in total. The van der Waals surface area contributed by atoms with Crippen LogP contribution in [0.5, 0.6) is 0 Å². The molecule has 0 heterocycles. The SMILES string of the molecule is C=CCN(CCCC(CC)CCN)C1CC1. The summed E-state index contributed by atoms with van der Waals surface area (Å²) >= 11 is 0. The zero-order valence-corrected chi connectivity index (χ0v) is 10.8. The molecule has 16 heavy (non-hydrogen) atoms. The Bertz CT molecular complexity index is 187. The van der Waals surface area contributed by atoms with Gasteiger partial charge < -0.3 is 5.73 Å². The van der Waals surface area contributed by atoms with E-state index in [4.69, 9.17) is 5.73 Å². The van der Waals surface area contributed by atoms with Gasteiger partial charge in [0.05, 0.1) is 0 Å². The van der Waals surface area contributed by atoms with Crippen molar-refractivity contribution in [2.24, 2.45) is 11.7 Å². The third-order valence-electron chi connectivity index (χ3n) is 3.64. The van der Waals surface area contributed by atoms with Crippen LogP contribution in [0.4, 0.5) is 0 Å². The van der Waals surface area contributed by atoms with Crippen LogP contribution in [-0.2, 0) is 0 Å². The van der Waals surface area contributed by atoms with E-state index in [1.54, 1.807) is 0 Å². The van der Waals surface area contributed by atoms with E-state index < -0.39 is 0 Å². The maximum atomic E-state index is 5.62. The molecule has 94 valence electrons. The Morgan fingerprint density at radius 3 is 2.69 bits per heavy atom. The summed E-state index contributed by atoms with van der Waals surface area (Å²) in [4.78, 5) is 2.59.